The third kappa shape index (κ3) is 1.12. The summed E-state index contributed by atoms with van der Waals surface area (Å²) in [5.74, 6) is 0. The minimum Gasteiger partial charge on any atom is -0.327 e. The Balaban J connectivity index is 2.34. The van der Waals surface area contributed by atoms with Crippen molar-refractivity contribution in [2.24, 2.45) is 5.73 Å². The maximum Gasteiger partial charge on any atom is 0.0860 e. The molecule has 0 aromatic carbocycles. The SMILES string of the molecule is CCn1nnc2c1C[C@H](N)CC2. The summed E-state index contributed by atoms with van der Waals surface area (Å²) in [5, 5.41) is 8.18. The number of nitrogens with zero attached hydrogens (tertiary/aromatic N) is 3. The Kier molecular flexibility index (Phi) is 1.84. The van der Waals surface area contributed by atoms with Crippen molar-refractivity contribution in [2.45, 2.75) is 38.8 Å². The number of aryl methyl sites for hydroxylation is 2. The van der Waals surface area contributed by atoms with Gasteiger partial charge in [0, 0.05) is 19.0 Å². The van der Waals surface area contributed by atoms with Crippen LogP contribution in [0.5, 0.6) is 0 Å². The fourth-order valence-corrected chi connectivity index (χ4v) is 1.71. The van der Waals surface area contributed by atoms with Crippen molar-refractivity contribution < 1.29 is 0 Å². The van der Waals surface area contributed by atoms with Gasteiger partial charge >= 0.3 is 0 Å². The quantitative estimate of drug-likeness (QED) is 0.644. The first kappa shape index (κ1) is 7.73. The first-order chi connectivity index (χ1) is 5.81. The van der Waals surface area contributed by atoms with E-state index in [0.29, 0.717) is 6.04 Å². The molecule has 0 radical (unpaired) electrons. The zero-order valence-electron chi connectivity index (χ0n) is 7.32. The number of rotatable bonds is 1. The summed E-state index contributed by atoms with van der Waals surface area (Å²) in [5.41, 5.74) is 8.26. The lowest BCUT2D eigenvalue weighted by atomic mass is 9.97. The Morgan fingerprint density at radius 2 is 2.50 bits per heavy atom. The minimum atomic E-state index is 0.307. The van der Waals surface area contributed by atoms with E-state index < -0.39 is 0 Å². The highest BCUT2D eigenvalue weighted by Crippen LogP contribution is 2.17. The molecule has 1 heterocycles. The first-order valence-electron chi connectivity index (χ1n) is 4.48. The van der Waals surface area contributed by atoms with E-state index in [9.17, 15) is 0 Å². The van der Waals surface area contributed by atoms with Crippen LogP contribution in [0.4, 0.5) is 0 Å². The number of aromatic nitrogens is 3. The fraction of sp³-hybridized carbons (Fsp3) is 0.750. The number of hydrogen-bond donors (Lipinski definition) is 1. The Hall–Kier alpha value is -0.900. The summed E-state index contributed by atoms with van der Waals surface area (Å²) in [6, 6.07) is 0.307. The summed E-state index contributed by atoms with van der Waals surface area (Å²) in [6.45, 7) is 2.98. The standard InChI is InChI=1S/C8H14N4/c1-2-12-8-5-6(9)3-4-7(8)10-11-12/h6H,2-5,9H2,1H3/t6-/m1/s1. The van der Waals surface area contributed by atoms with E-state index in [1.165, 1.54) is 5.69 Å². The molecule has 2 rings (SSSR count). The maximum absolute atomic E-state index is 5.86. The molecule has 2 N–H and O–H groups in total. The third-order valence-corrected chi connectivity index (χ3v) is 2.43. The van der Waals surface area contributed by atoms with Gasteiger partial charge in [0.15, 0.2) is 0 Å². The van der Waals surface area contributed by atoms with Crippen LogP contribution >= 0.6 is 0 Å². The molecule has 0 fully saturated rings. The van der Waals surface area contributed by atoms with Crippen molar-refractivity contribution in [1.29, 1.82) is 0 Å². The molecule has 1 aliphatic carbocycles. The molecule has 0 saturated carbocycles. The van der Waals surface area contributed by atoms with Crippen LogP contribution in [-0.2, 0) is 19.4 Å². The normalized spacial score (nSPS) is 22.3. The van der Waals surface area contributed by atoms with Gasteiger partial charge in [0.05, 0.1) is 11.4 Å². The van der Waals surface area contributed by atoms with Gasteiger partial charge in [0.1, 0.15) is 0 Å². The minimum absolute atomic E-state index is 0.307. The zero-order valence-corrected chi connectivity index (χ0v) is 7.32. The van der Waals surface area contributed by atoms with E-state index in [1.807, 2.05) is 4.68 Å². The molecule has 0 spiro atoms. The van der Waals surface area contributed by atoms with E-state index >= 15 is 0 Å². The van der Waals surface area contributed by atoms with Crippen molar-refractivity contribution in [3.8, 4) is 0 Å². The average Bonchev–Trinajstić information content (AvgIpc) is 2.46. The van der Waals surface area contributed by atoms with Crippen LogP contribution in [0.25, 0.3) is 0 Å². The molecule has 0 saturated heterocycles. The molecule has 4 heteroatoms. The van der Waals surface area contributed by atoms with Crippen molar-refractivity contribution in [2.75, 3.05) is 0 Å². The first-order valence-corrected chi connectivity index (χ1v) is 4.48. The van der Waals surface area contributed by atoms with Gasteiger partial charge < -0.3 is 5.73 Å². The Morgan fingerprint density at radius 1 is 1.67 bits per heavy atom. The largest absolute Gasteiger partial charge is 0.327 e. The molecular weight excluding hydrogens is 152 g/mol. The smallest absolute Gasteiger partial charge is 0.0860 e. The molecule has 0 unspecified atom stereocenters. The van der Waals surface area contributed by atoms with Gasteiger partial charge in [-0.15, -0.1) is 5.10 Å². The summed E-state index contributed by atoms with van der Waals surface area (Å²) in [6.07, 6.45) is 2.99. The highest BCUT2D eigenvalue weighted by molar-refractivity contribution is 5.15. The lowest BCUT2D eigenvalue weighted by Gasteiger charge is -2.17. The van der Waals surface area contributed by atoms with E-state index in [4.69, 9.17) is 5.73 Å². The number of nitrogens with two attached hydrogens (primary N) is 1. The number of hydrogen-bond acceptors (Lipinski definition) is 3. The maximum atomic E-state index is 5.86. The summed E-state index contributed by atoms with van der Waals surface area (Å²) in [7, 11) is 0. The van der Waals surface area contributed by atoms with Crippen LogP contribution in [0.1, 0.15) is 24.7 Å². The summed E-state index contributed by atoms with van der Waals surface area (Å²) >= 11 is 0. The lowest BCUT2D eigenvalue weighted by molar-refractivity contribution is 0.528. The van der Waals surface area contributed by atoms with Crippen molar-refractivity contribution in [3.63, 3.8) is 0 Å². The summed E-state index contributed by atoms with van der Waals surface area (Å²) in [4.78, 5) is 0. The molecule has 0 bridgehead atoms. The van der Waals surface area contributed by atoms with Gasteiger partial charge in [-0.2, -0.15) is 0 Å². The molecular formula is C8H14N4. The zero-order chi connectivity index (χ0) is 8.55. The lowest BCUT2D eigenvalue weighted by Crippen LogP contribution is -2.29. The molecule has 0 amide bonds. The van der Waals surface area contributed by atoms with Crippen molar-refractivity contribution in [1.82, 2.24) is 15.0 Å². The summed E-state index contributed by atoms with van der Waals surface area (Å²) < 4.78 is 1.95. The van der Waals surface area contributed by atoms with Crippen molar-refractivity contribution >= 4 is 0 Å². The molecule has 0 aliphatic heterocycles. The van der Waals surface area contributed by atoms with Gasteiger partial charge in [-0.05, 0) is 19.8 Å². The van der Waals surface area contributed by atoms with E-state index in [-0.39, 0.29) is 0 Å². The highest BCUT2D eigenvalue weighted by atomic mass is 15.4. The van der Waals surface area contributed by atoms with Crippen LogP contribution < -0.4 is 5.73 Å². The van der Waals surface area contributed by atoms with Gasteiger partial charge in [0.2, 0.25) is 0 Å². The fourth-order valence-electron chi connectivity index (χ4n) is 1.71. The molecule has 1 atom stereocenters. The van der Waals surface area contributed by atoms with Crippen LogP contribution in [0.15, 0.2) is 0 Å². The Labute approximate surface area is 71.8 Å². The van der Waals surface area contributed by atoms with E-state index in [0.717, 1.165) is 31.5 Å². The Morgan fingerprint density at radius 3 is 3.25 bits per heavy atom. The molecule has 4 nitrogen and oxygen atoms in total. The highest BCUT2D eigenvalue weighted by Gasteiger charge is 2.20. The van der Waals surface area contributed by atoms with Crippen molar-refractivity contribution in [3.05, 3.63) is 11.4 Å². The van der Waals surface area contributed by atoms with Crippen LogP contribution in [0.3, 0.4) is 0 Å². The number of fused-ring (bicyclic) bond motifs is 1. The molecule has 66 valence electrons. The molecule has 12 heavy (non-hydrogen) atoms. The van der Waals surface area contributed by atoms with E-state index in [2.05, 4.69) is 17.2 Å². The molecule has 1 aliphatic rings. The topological polar surface area (TPSA) is 56.7 Å². The average molecular weight is 166 g/mol. The van der Waals surface area contributed by atoms with E-state index in [1.54, 1.807) is 0 Å². The van der Waals surface area contributed by atoms with Gasteiger partial charge in [-0.3, -0.25) is 0 Å². The van der Waals surface area contributed by atoms with Gasteiger partial charge in [-0.25, -0.2) is 4.68 Å². The predicted octanol–water partition coefficient (Wildman–Crippen LogP) is 0.114. The molecule has 1 aromatic heterocycles. The second-order valence-corrected chi connectivity index (χ2v) is 3.30. The van der Waals surface area contributed by atoms with Gasteiger partial charge in [0.25, 0.3) is 0 Å². The Bertz CT molecular complexity index is 265. The monoisotopic (exact) mass is 166 g/mol. The second kappa shape index (κ2) is 2.86. The van der Waals surface area contributed by atoms with Crippen LogP contribution in [-0.4, -0.2) is 21.0 Å². The second-order valence-electron chi connectivity index (χ2n) is 3.30. The van der Waals surface area contributed by atoms with Crippen LogP contribution in [0, 0.1) is 0 Å². The third-order valence-electron chi connectivity index (χ3n) is 2.43. The predicted molar refractivity (Wildman–Crippen MR) is 45.7 cm³/mol. The van der Waals surface area contributed by atoms with Gasteiger partial charge in [-0.1, -0.05) is 5.21 Å². The molecule has 1 aromatic rings. The van der Waals surface area contributed by atoms with Crippen LogP contribution in [0.2, 0.25) is 0 Å².